The van der Waals surface area contributed by atoms with Gasteiger partial charge in [0.2, 0.25) is 17.7 Å². The predicted octanol–water partition coefficient (Wildman–Crippen LogP) is 3.52. The van der Waals surface area contributed by atoms with E-state index >= 15 is 0 Å². The summed E-state index contributed by atoms with van der Waals surface area (Å²) in [4.78, 5) is 42.4. The van der Waals surface area contributed by atoms with Crippen LogP contribution in [-0.2, 0) is 20.8 Å². The molecule has 8 heteroatoms. The molecule has 3 rings (SSSR count). The van der Waals surface area contributed by atoms with Gasteiger partial charge in [-0.3, -0.25) is 14.4 Å². The van der Waals surface area contributed by atoms with Gasteiger partial charge in [0.15, 0.2) is 0 Å². The molecule has 1 fully saturated rings. The molecule has 0 saturated carbocycles. The maximum atomic E-state index is 13.0. The van der Waals surface area contributed by atoms with Gasteiger partial charge in [-0.15, -0.1) is 0 Å². The van der Waals surface area contributed by atoms with E-state index in [4.69, 9.17) is 0 Å². The molecule has 0 bridgehead atoms. The number of aromatic nitrogens is 1. The summed E-state index contributed by atoms with van der Waals surface area (Å²) in [6, 6.07) is 8.73. The number of aryl methyl sites for hydroxylation is 1. The van der Waals surface area contributed by atoms with Gasteiger partial charge in [-0.2, -0.15) is 5.26 Å². The van der Waals surface area contributed by atoms with E-state index in [0.29, 0.717) is 22.0 Å². The smallest absolute Gasteiger partial charge is 0.247 e. The van der Waals surface area contributed by atoms with Gasteiger partial charge in [0.1, 0.15) is 11.1 Å². The second kappa shape index (κ2) is 8.67. The SMILES string of the molecule is CCc1c(C)nc(S[C@@H]2CC(=O)N(c3ccc(NC(C)=O)cc3)C2=O)c(C#N)c1C. The lowest BCUT2D eigenvalue weighted by atomic mass is 10.0. The van der Waals surface area contributed by atoms with Crippen molar-refractivity contribution in [2.45, 2.75) is 50.8 Å². The number of amides is 3. The van der Waals surface area contributed by atoms with Crippen LogP contribution >= 0.6 is 11.8 Å². The predicted molar refractivity (Wildman–Crippen MR) is 115 cm³/mol. The van der Waals surface area contributed by atoms with Crippen molar-refractivity contribution in [1.82, 2.24) is 4.98 Å². The maximum Gasteiger partial charge on any atom is 0.247 e. The van der Waals surface area contributed by atoms with Crippen LogP contribution in [-0.4, -0.2) is 28.0 Å². The Labute approximate surface area is 179 Å². The Hall–Kier alpha value is -3.18. The highest BCUT2D eigenvalue weighted by Crippen LogP contribution is 2.36. The third kappa shape index (κ3) is 4.07. The third-order valence-electron chi connectivity index (χ3n) is 5.02. The monoisotopic (exact) mass is 422 g/mol. The topological polar surface area (TPSA) is 103 Å². The highest BCUT2D eigenvalue weighted by Gasteiger charge is 2.41. The van der Waals surface area contributed by atoms with Crippen LogP contribution in [0.3, 0.4) is 0 Å². The molecule has 30 heavy (non-hydrogen) atoms. The first-order chi connectivity index (χ1) is 14.3. The van der Waals surface area contributed by atoms with Crippen LogP contribution in [0.25, 0.3) is 0 Å². The van der Waals surface area contributed by atoms with Crippen molar-refractivity contribution in [1.29, 1.82) is 5.26 Å². The minimum Gasteiger partial charge on any atom is -0.326 e. The minimum absolute atomic E-state index is 0.0388. The zero-order valence-electron chi connectivity index (χ0n) is 17.3. The number of pyridine rings is 1. The van der Waals surface area contributed by atoms with Gasteiger partial charge in [-0.05, 0) is 55.7 Å². The third-order valence-corrected chi connectivity index (χ3v) is 6.19. The molecule has 1 saturated heterocycles. The molecule has 7 nitrogen and oxygen atoms in total. The van der Waals surface area contributed by atoms with Gasteiger partial charge in [0.25, 0.3) is 0 Å². The van der Waals surface area contributed by atoms with E-state index in [2.05, 4.69) is 16.4 Å². The van der Waals surface area contributed by atoms with Crippen LogP contribution in [0.2, 0.25) is 0 Å². The molecule has 0 spiro atoms. The lowest BCUT2D eigenvalue weighted by Gasteiger charge is -2.16. The van der Waals surface area contributed by atoms with Crippen LogP contribution < -0.4 is 10.2 Å². The molecule has 1 aliphatic heterocycles. The molecule has 0 radical (unpaired) electrons. The van der Waals surface area contributed by atoms with E-state index in [1.165, 1.54) is 18.7 Å². The fourth-order valence-corrected chi connectivity index (χ4v) is 4.80. The van der Waals surface area contributed by atoms with Gasteiger partial charge in [-0.25, -0.2) is 9.88 Å². The number of nitrogens with one attached hydrogen (secondary N) is 1. The fourth-order valence-electron chi connectivity index (χ4n) is 3.60. The van der Waals surface area contributed by atoms with Gasteiger partial charge in [0, 0.05) is 24.7 Å². The summed E-state index contributed by atoms with van der Waals surface area (Å²) >= 11 is 1.17. The van der Waals surface area contributed by atoms with E-state index < -0.39 is 5.25 Å². The normalized spacial score (nSPS) is 16.0. The van der Waals surface area contributed by atoms with Crippen molar-refractivity contribution in [3.8, 4) is 6.07 Å². The first-order valence-electron chi connectivity index (χ1n) is 9.58. The lowest BCUT2D eigenvalue weighted by Crippen LogP contribution is -2.31. The number of anilines is 2. The summed E-state index contributed by atoms with van der Waals surface area (Å²) < 4.78 is 0. The highest BCUT2D eigenvalue weighted by atomic mass is 32.2. The molecule has 2 heterocycles. The number of carbonyl (C=O) groups is 3. The average Bonchev–Trinajstić information content (AvgIpc) is 2.96. The summed E-state index contributed by atoms with van der Waals surface area (Å²) in [6.07, 6.45) is 0.810. The number of thioether (sulfide) groups is 1. The zero-order chi connectivity index (χ0) is 22.0. The molecule has 1 aliphatic rings. The van der Waals surface area contributed by atoms with Crippen LogP contribution in [0.1, 0.15) is 42.7 Å². The number of nitriles is 1. The standard InChI is InChI=1S/C22H22N4O3S/c1-5-17-12(2)18(11-23)21(24-13(17)3)30-19-10-20(28)26(22(19)29)16-8-6-15(7-9-16)25-14(4)27/h6-9,19H,5,10H2,1-4H3,(H,25,27)/t19-/m1/s1. The Kier molecular flexibility index (Phi) is 6.22. The van der Waals surface area contributed by atoms with Gasteiger partial charge in [0.05, 0.1) is 16.5 Å². The molecular weight excluding hydrogens is 400 g/mol. The fraction of sp³-hybridized carbons (Fsp3) is 0.318. The van der Waals surface area contributed by atoms with Crippen LogP contribution in [0.15, 0.2) is 29.3 Å². The van der Waals surface area contributed by atoms with E-state index in [1.807, 2.05) is 20.8 Å². The van der Waals surface area contributed by atoms with Crippen molar-refractivity contribution in [2.75, 3.05) is 10.2 Å². The molecule has 154 valence electrons. The average molecular weight is 423 g/mol. The van der Waals surface area contributed by atoms with Crippen LogP contribution in [0.5, 0.6) is 0 Å². The Bertz CT molecular complexity index is 1070. The number of imide groups is 1. The van der Waals surface area contributed by atoms with Gasteiger partial charge in [-0.1, -0.05) is 18.7 Å². The van der Waals surface area contributed by atoms with Crippen molar-refractivity contribution in [3.63, 3.8) is 0 Å². The summed E-state index contributed by atoms with van der Waals surface area (Å²) in [5, 5.41) is 12.1. The molecule has 1 aromatic heterocycles. The Balaban J connectivity index is 1.85. The number of nitrogens with zero attached hydrogens (tertiary/aromatic N) is 3. The largest absolute Gasteiger partial charge is 0.326 e. The van der Waals surface area contributed by atoms with E-state index in [9.17, 15) is 19.6 Å². The van der Waals surface area contributed by atoms with Crippen LogP contribution in [0, 0.1) is 25.2 Å². The molecule has 1 atom stereocenters. The molecule has 0 aliphatic carbocycles. The first kappa shape index (κ1) is 21.5. The number of hydrogen-bond donors (Lipinski definition) is 1. The van der Waals surface area contributed by atoms with Crippen molar-refractivity contribution in [3.05, 3.63) is 46.6 Å². The van der Waals surface area contributed by atoms with E-state index in [-0.39, 0.29) is 24.1 Å². The number of hydrogen-bond acceptors (Lipinski definition) is 6. The second-order valence-electron chi connectivity index (χ2n) is 7.05. The first-order valence-corrected chi connectivity index (χ1v) is 10.5. The molecule has 0 unspecified atom stereocenters. The quantitative estimate of drug-likeness (QED) is 0.740. The zero-order valence-corrected chi connectivity index (χ0v) is 18.1. The molecule has 3 amide bonds. The lowest BCUT2D eigenvalue weighted by molar-refractivity contribution is -0.121. The summed E-state index contributed by atoms with van der Waals surface area (Å²) in [7, 11) is 0. The Morgan fingerprint density at radius 2 is 1.97 bits per heavy atom. The van der Waals surface area contributed by atoms with Gasteiger partial charge < -0.3 is 5.32 Å². The maximum absolute atomic E-state index is 13.0. The summed E-state index contributed by atoms with van der Waals surface area (Å²) in [5.74, 6) is -0.840. The highest BCUT2D eigenvalue weighted by molar-refractivity contribution is 8.00. The van der Waals surface area contributed by atoms with Gasteiger partial charge >= 0.3 is 0 Å². The molecular formula is C22H22N4O3S. The number of rotatable bonds is 5. The van der Waals surface area contributed by atoms with E-state index in [1.54, 1.807) is 24.3 Å². The number of benzene rings is 1. The second-order valence-corrected chi connectivity index (χ2v) is 8.24. The van der Waals surface area contributed by atoms with Crippen molar-refractivity contribution < 1.29 is 14.4 Å². The summed E-state index contributed by atoms with van der Waals surface area (Å²) in [5.41, 5.74) is 4.23. The Morgan fingerprint density at radius 1 is 1.30 bits per heavy atom. The minimum atomic E-state index is -0.640. The van der Waals surface area contributed by atoms with E-state index in [0.717, 1.165) is 28.1 Å². The van der Waals surface area contributed by atoms with Crippen molar-refractivity contribution in [2.24, 2.45) is 0 Å². The molecule has 2 aromatic rings. The molecule has 1 aromatic carbocycles. The number of carbonyl (C=O) groups excluding carboxylic acids is 3. The summed E-state index contributed by atoms with van der Waals surface area (Å²) in [6.45, 7) is 7.20. The van der Waals surface area contributed by atoms with Crippen molar-refractivity contribution >= 4 is 40.9 Å². The Morgan fingerprint density at radius 3 is 2.53 bits per heavy atom. The molecule has 1 N–H and O–H groups in total. The van der Waals surface area contributed by atoms with Crippen LogP contribution in [0.4, 0.5) is 11.4 Å².